The monoisotopic (exact) mass is 376 g/mol. The number of ether oxygens (including phenoxy) is 1. The number of amides is 1. The highest BCUT2D eigenvalue weighted by Crippen LogP contribution is 2.22. The molecule has 0 unspecified atom stereocenters. The van der Waals surface area contributed by atoms with Gasteiger partial charge in [0, 0.05) is 6.54 Å². The number of nitrogens with one attached hydrogen (secondary N) is 1. The van der Waals surface area contributed by atoms with Crippen molar-refractivity contribution in [2.24, 2.45) is 0 Å². The second kappa shape index (κ2) is 8.71. The zero-order valence-corrected chi connectivity index (χ0v) is 16.0. The summed E-state index contributed by atoms with van der Waals surface area (Å²) in [5, 5.41) is 2.82. The maximum absolute atomic E-state index is 12.7. The Kier molecular flexibility index (Phi) is 6.63. The molecule has 2 aromatic rings. The molecule has 2 rings (SSSR count). The number of nitrogens with zero attached hydrogens (tertiary/aromatic N) is 1. The smallest absolute Gasteiger partial charge is 0.244 e. The van der Waals surface area contributed by atoms with E-state index in [-0.39, 0.29) is 5.91 Å². The second-order valence-corrected chi connectivity index (χ2v) is 7.74. The summed E-state index contributed by atoms with van der Waals surface area (Å²) < 4.78 is 30.9. The van der Waals surface area contributed by atoms with Gasteiger partial charge in [-0.3, -0.25) is 9.10 Å². The van der Waals surface area contributed by atoms with E-state index < -0.39 is 16.1 Å². The third kappa shape index (κ3) is 4.98. The predicted octanol–water partition coefficient (Wildman–Crippen LogP) is 2.56. The molecule has 0 spiro atoms. The molecule has 0 fully saturated rings. The molecule has 1 amide bonds. The van der Waals surface area contributed by atoms with Crippen molar-refractivity contribution in [2.75, 3.05) is 17.7 Å². The molecule has 0 bridgehead atoms. The summed E-state index contributed by atoms with van der Waals surface area (Å²) >= 11 is 0. The minimum atomic E-state index is -3.61. The number of carbonyl (C=O) groups excluding carboxylic acids is 1. The van der Waals surface area contributed by atoms with Crippen molar-refractivity contribution in [2.45, 2.75) is 25.9 Å². The van der Waals surface area contributed by atoms with Gasteiger partial charge in [0.25, 0.3) is 0 Å². The lowest BCUT2D eigenvalue weighted by molar-refractivity contribution is -0.122. The van der Waals surface area contributed by atoms with E-state index in [0.717, 1.165) is 17.6 Å². The summed E-state index contributed by atoms with van der Waals surface area (Å²) in [6, 6.07) is 15.2. The number of benzene rings is 2. The number of hydrogen-bond donors (Lipinski definition) is 1. The highest BCUT2D eigenvalue weighted by Gasteiger charge is 2.31. The molecule has 2 aromatic carbocycles. The van der Waals surface area contributed by atoms with E-state index in [1.54, 1.807) is 44.4 Å². The normalized spacial score (nSPS) is 12.3. The lowest BCUT2D eigenvalue weighted by Crippen LogP contribution is -2.49. The van der Waals surface area contributed by atoms with Gasteiger partial charge in [-0.1, -0.05) is 37.3 Å². The predicted molar refractivity (Wildman–Crippen MR) is 103 cm³/mol. The number of methoxy groups -OCH3 is 1. The summed E-state index contributed by atoms with van der Waals surface area (Å²) in [5.74, 6) is 0.399. The number of rotatable bonds is 8. The second-order valence-electron chi connectivity index (χ2n) is 5.88. The van der Waals surface area contributed by atoms with E-state index in [9.17, 15) is 13.2 Å². The standard InChI is InChI=1S/C19H24N2O4S/c1-4-18(21(26(3,23)24)16-8-6-5-7-9-16)19(22)20-14-15-10-12-17(25-2)13-11-15/h5-13,18H,4,14H2,1-3H3,(H,20,22)/t18-/m0/s1. The number of carbonyl (C=O) groups is 1. The Bertz CT molecular complexity index is 820. The van der Waals surface area contributed by atoms with E-state index in [1.165, 1.54) is 4.31 Å². The Morgan fingerprint density at radius 2 is 1.73 bits per heavy atom. The van der Waals surface area contributed by atoms with Gasteiger partial charge in [-0.15, -0.1) is 0 Å². The van der Waals surface area contributed by atoms with Crippen LogP contribution in [0.2, 0.25) is 0 Å². The average Bonchev–Trinajstić information content (AvgIpc) is 2.64. The van der Waals surface area contributed by atoms with Crippen LogP contribution in [0.3, 0.4) is 0 Å². The summed E-state index contributed by atoms with van der Waals surface area (Å²) in [4.78, 5) is 12.7. The van der Waals surface area contributed by atoms with Crippen molar-refractivity contribution in [3.8, 4) is 5.75 Å². The molecule has 0 aliphatic carbocycles. The number of anilines is 1. The van der Waals surface area contributed by atoms with Crippen molar-refractivity contribution in [1.82, 2.24) is 5.32 Å². The van der Waals surface area contributed by atoms with E-state index in [4.69, 9.17) is 4.74 Å². The molecule has 0 aromatic heterocycles. The van der Waals surface area contributed by atoms with Gasteiger partial charge in [0.15, 0.2) is 0 Å². The van der Waals surface area contributed by atoms with Crippen LogP contribution in [0.25, 0.3) is 0 Å². The first kappa shape index (κ1) is 19.8. The molecule has 26 heavy (non-hydrogen) atoms. The Hall–Kier alpha value is -2.54. The van der Waals surface area contributed by atoms with Gasteiger partial charge >= 0.3 is 0 Å². The van der Waals surface area contributed by atoms with Gasteiger partial charge in [-0.2, -0.15) is 0 Å². The molecular formula is C19H24N2O4S. The van der Waals surface area contributed by atoms with Gasteiger partial charge in [0.2, 0.25) is 15.9 Å². The highest BCUT2D eigenvalue weighted by molar-refractivity contribution is 7.92. The van der Waals surface area contributed by atoms with Crippen LogP contribution < -0.4 is 14.4 Å². The van der Waals surface area contributed by atoms with Crippen LogP contribution in [-0.2, 0) is 21.4 Å². The number of para-hydroxylation sites is 1. The molecule has 1 N–H and O–H groups in total. The largest absolute Gasteiger partial charge is 0.497 e. The zero-order chi connectivity index (χ0) is 19.2. The fourth-order valence-corrected chi connectivity index (χ4v) is 3.90. The topological polar surface area (TPSA) is 75.7 Å². The van der Waals surface area contributed by atoms with E-state index in [0.29, 0.717) is 18.7 Å². The summed E-state index contributed by atoms with van der Waals surface area (Å²) in [6.07, 6.45) is 1.47. The van der Waals surface area contributed by atoms with E-state index in [2.05, 4.69) is 5.32 Å². The summed E-state index contributed by atoms with van der Waals surface area (Å²) in [6.45, 7) is 2.10. The number of sulfonamides is 1. The first-order valence-electron chi connectivity index (χ1n) is 8.32. The van der Waals surface area contributed by atoms with Crippen LogP contribution in [-0.4, -0.2) is 33.7 Å². The minimum Gasteiger partial charge on any atom is -0.497 e. The Morgan fingerprint density at radius 3 is 2.23 bits per heavy atom. The zero-order valence-electron chi connectivity index (χ0n) is 15.2. The SMILES string of the molecule is CC[C@@H](C(=O)NCc1ccc(OC)cc1)N(c1ccccc1)S(C)(=O)=O. The van der Waals surface area contributed by atoms with Gasteiger partial charge in [0.1, 0.15) is 11.8 Å². The van der Waals surface area contributed by atoms with Crippen LogP contribution in [0.15, 0.2) is 54.6 Å². The van der Waals surface area contributed by atoms with Gasteiger partial charge in [-0.25, -0.2) is 8.42 Å². The molecule has 0 radical (unpaired) electrons. The van der Waals surface area contributed by atoms with E-state index >= 15 is 0 Å². The molecular weight excluding hydrogens is 352 g/mol. The Labute approximate surface area is 154 Å². The maximum atomic E-state index is 12.7. The molecule has 0 saturated carbocycles. The maximum Gasteiger partial charge on any atom is 0.244 e. The van der Waals surface area contributed by atoms with Gasteiger partial charge in [-0.05, 0) is 36.2 Å². The lowest BCUT2D eigenvalue weighted by atomic mass is 10.1. The van der Waals surface area contributed by atoms with Crippen molar-refractivity contribution < 1.29 is 17.9 Å². The molecule has 0 aliphatic rings. The van der Waals surface area contributed by atoms with Crippen LogP contribution in [0, 0.1) is 0 Å². The average molecular weight is 376 g/mol. The van der Waals surface area contributed by atoms with Crippen molar-refractivity contribution in [1.29, 1.82) is 0 Å². The van der Waals surface area contributed by atoms with Crippen LogP contribution in [0.1, 0.15) is 18.9 Å². The molecule has 0 saturated heterocycles. The van der Waals surface area contributed by atoms with Gasteiger partial charge < -0.3 is 10.1 Å². The summed E-state index contributed by atoms with van der Waals surface area (Å²) in [5.41, 5.74) is 1.38. The Balaban J connectivity index is 2.17. The molecule has 7 heteroatoms. The molecule has 0 aliphatic heterocycles. The molecule has 6 nitrogen and oxygen atoms in total. The third-order valence-electron chi connectivity index (χ3n) is 3.97. The van der Waals surface area contributed by atoms with Crippen molar-refractivity contribution in [3.63, 3.8) is 0 Å². The fourth-order valence-electron chi connectivity index (χ4n) is 2.69. The highest BCUT2D eigenvalue weighted by atomic mass is 32.2. The van der Waals surface area contributed by atoms with Crippen molar-refractivity contribution in [3.05, 3.63) is 60.2 Å². The third-order valence-corrected chi connectivity index (χ3v) is 5.15. The quantitative estimate of drug-likeness (QED) is 0.768. The molecule has 1 atom stereocenters. The van der Waals surface area contributed by atoms with Crippen LogP contribution in [0.4, 0.5) is 5.69 Å². The van der Waals surface area contributed by atoms with Crippen molar-refractivity contribution >= 4 is 21.6 Å². The first-order chi connectivity index (χ1) is 12.4. The van der Waals surface area contributed by atoms with Gasteiger partial charge in [0.05, 0.1) is 19.1 Å². The fraction of sp³-hybridized carbons (Fsp3) is 0.316. The summed E-state index contributed by atoms with van der Waals surface area (Å²) in [7, 11) is -2.02. The first-order valence-corrected chi connectivity index (χ1v) is 10.2. The minimum absolute atomic E-state index is 0.311. The van der Waals surface area contributed by atoms with Crippen LogP contribution in [0.5, 0.6) is 5.75 Å². The Morgan fingerprint density at radius 1 is 1.12 bits per heavy atom. The lowest BCUT2D eigenvalue weighted by Gasteiger charge is -2.30. The number of hydrogen-bond acceptors (Lipinski definition) is 4. The van der Waals surface area contributed by atoms with E-state index in [1.807, 2.05) is 24.3 Å². The molecule has 0 heterocycles. The molecule has 140 valence electrons. The van der Waals surface area contributed by atoms with Crippen LogP contribution >= 0.6 is 0 Å².